The molecule has 0 aliphatic carbocycles. The summed E-state index contributed by atoms with van der Waals surface area (Å²) in [5, 5.41) is 2.68. The number of piperidine rings is 1. The van der Waals surface area contributed by atoms with Gasteiger partial charge in [-0.2, -0.15) is 9.97 Å². The lowest BCUT2D eigenvalue weighted by Crippen LogP contribution is -2.49. The monoisotopic (exact) mass is 265 g/mol. The number of aromatic nitrogens is 2. The Morgan fingerprint density at radius 3 is 2.95 bits per heavy atom. The summed E-state index contributed by atoms with van der Waals surface area (Å²) in [6.45, 7) is 0.762. The predicted molar refractivity (Wildman–Crippen MR) is 73.3 cm³/mol. The quantitative estimate of drug-likeness (QED) is 0.427. The molecule has 2 heterocycles. The molecule has 0 spiro atoms. The number of anilines is 3. The van der Waals surface area contributed by atoms with Crippen LogP contribution in [0.25, 0.3) is 0 Å². The lowest BCUT2D eigenvalue weighted by atomic mass is 10.0. The van der Waals surface area contributed by atoms with Crippen molar-refractivity contribution in [1.29, 1.82) is 0 Å². The Hall–Kier alpha value is -2.09. The van der Waals surface area contributed by atoms with E-state index >= 15 is 0 Å². The van der Waals surface area contributed by atoms with Crippen molar-refractivity contribution in [2.24, 2.45) is 5.84 Å². The first-order valence-electron chi connectivity index (χ1n) is 6.25. The van der Waals surface area contributed by atoms with Gasteiger partial charge in [-0.15, -0.1) is 0 Å². The van der Waals surface area contributed by atoms with Crippen LogP contribution < -0.4 is 27.2 Å². The summed E-state index contributed by atoms with van der Waals surface area (Å²) in [7, 11) is 1.64. The molecule has 1 aliphatic heterocycles. The molecule has 19 heavy (non-hydrogen) atoms. The molecule has 0 radical (unpaired) electrons. The molecule has 1 aliphatic rings. The molecule has 1 saturated heterocycles. The zero-order valence-corrected chi connectivity index (χ0v) is 10.9. The molecule has 1 aromatic heterocycles. The Morgan fingerprint density at radius 1 is 1.47 bits per heavy atom. The maximum absolute atomic E-state index is 11.9. The van der Waals surface area contributed by atoms with E-state index in [1.54, 1.807) is 13.1 Å². The zero-order valence-electron chi connectivity index (χ0n) is 10.9. The van der Waals surface area contributed by atoms with E-state index in [9.17, 15) is 4.79 Å². The Bertz CT molecular complexity index is 464. The Kier molecular flexibility index (Phi) is 4.00. The highest BCUT2D eigenvalue weighted by Gasteiger charge is 2.29. The number of likely N-dealkylation sites (N-methyl/N-ethyl adjacent to an activating group) is 1. The standard InChI is InChI=1S/C11H19N7O/c1-14-10(19)7-4-2-3-5-18(7)9-6-8(17-13)15-11(12)16-9/h6-7H,2-5,13H2,1H3,(H,14,19)(H3,12,15,16,17). The highest BCUT2D eigenvalue weighted by molar-refractivity contribution is 5.85. The van der Waals surface area contributed by atoms with E-state index in [1.807, 2.05) is 4.90 Å². The van der Waals surface area contributed by atoms with E-state index < -0.39 is 0 Å². The molecule has 8 nitrogen and oxygen atoms in total. The minimum absolute atomic E-state index is 0.0147. The highest BCUT2D eigenvalue weighted by Crippen LogP contribution is 2.25. The molecule has 8 heteroatoms. The first kappa shape index (κ1) is 13.3. The van der Waals surface area contributed by atoms with Crippen molar-refractivity contribution in [1.82, 2.24) is 15.3 Å². The van der Waals surface area contributed by atoms with Gasteiger partial charge in [0, 0.05) is 19.7 Å². The molecule has 0 saturated carbocycles. The van der Waals surface area contributed by atoms with Gasteiger partial charge >= 0.3 is 0 Å². The summed E-state index contributed by atoms with van der Waals surface area (Å²) >= 11 is 0. The van der Waals surface area contributed by atoms with E-state index in [0.717, 1.165) is 25.8 Å². The second kappa shape index (κ2) is 5.70. The third-order valence-electron chi connectivity index (χ3n) is 3.22. The molecular weight excluding hydrogens is 246 g/mol. The van der Waals surface area contributed by atoms with E-state index in [1.165, 1.54) is 0 Å². The van der Waals surface area contributed by atoms with Gasteiger partial charge in [0.2, 0.25) is 11.9 Å². The molecule has 2 rings (SSSR count). The van der Waals surface area contributed by atoms with Gasteiger partial charge in [0.15, 0.2) is 0 Å². The van der Waals surface area contributed by atoms with Gasteiger partial charge in [-0.05, 0) is 19.3 Å². The van der Waals surface area contributed by atoms with Gasteiger partial charge in [-0.3, -0.25) is 4.79 Å². The Labute approximate surface area is 111 Å². The summed E-state index contributed by atoms with van der Waals surface area (Å²) in [4.78, 5) is 22.0. The number of amides is 1. The van der Waals surface area contributed by atoms with Crippen LogP contribution in [0, 0.1) is 0 Å². The predicted octanol–water partition coefficient (Wildman–Crippen LogP) is -0.551. The number of hydrogen-bond acceptors (Lipinski definition) is 7. The molecule has 0 bridgehead atoms. The molecule has 1 fully saturated rings. The van der Waals surface area contributed by atoms with E-state index in [-0.39, 0.29) is 17.9 Å². The van der Waals surface area contributed by atoms with Crippen molar-refractivity contribution in [3.8, 4) is 0 Å². The van der Waals surface area contributed by atoms with Gasteiger partial charge in [0.05, 0.1) is 0 Å². The molecular formula is C11H19N7O. The Balaban J connectivity index is 2.31. The number of carbonyl (C=O) groups excluding carboxylic acids is 1. The van der Waals surface area contributed by atoms with E-state index in [2.05, 4.69) is 20.7 Å². The molecule has 6 N–H and O–H groups in total. The topological polar surface area (TPSA) is 122 Å². The van der Waals surface area contributed by atoms with Crippen LogP contribution in [-0.4, -0.2) is 35.5 Å². The maximum atomic E-state index is 11.9. The lowest BCUT2D eigenvalue weighted by molar-refractivity contribution is -0.122. The van der Waals surface area contributed by atoms with Gasteiger partial charge < -0.3 is 21.4 Å². The van der Waals surface area contributed by atoms with Crippen molar-refractivity contribution in [3.63, 3.8) is 0 Å². The summed E-state index contributed by atoms with van der Waals surface area (Å²) in [5.74, 6) is 6.51. The second-order valence-corrected chi connectivity index (χ2v) is 4.43. The summed E-state index contributed by atoms with van der Waals surface area (Å²) in [6.07, 6.45) is 2.84. The molecule has 1 unspecified atom stereocenters. The number of nitrogens with one attached hydrogen (secondary N) is 2. The largest absolute Gasteiger partial charge is 0.368 e. The summed E-state index contributed by atoms with van der Waals surface area (Å²) < 4.78 is 0. The average Bonchev–Trinajstić information content (AvgIpc) is 2.45. The van der Waals surface area contributed by atoms with Gasteiger partial charge in [0.25, 0.3) is 0 Å². The zero-order chi connectivity index (χ0) is 13.8. The van der Waals surface area contributed by atoms with Crippen LogP contribution >= 0.6 is 0 Å². The van der Waals surface area contributed by atoms with Crippen LogP contribution in [0.2, 0.25) is 0 Å². The van der Waals surface area contributed by atoms with Gasteiger partial charge in [0.1, 0.15) is 17.7 Å². The average molecular weight is 265 g/mol. The van der Waals surface area contributed by atoms with Gasteiger partial charge in [-0.25, -0.2) is 5.84 Å². The van der Waals surface area contributed by atoms with Crippen LogP contribution in [0.3, 0.4) is 0 Å². The van der Waals surface area contributed by atoms with Gasteiger partial charge in [-0.1, -0.05) is 0 Å². The second-order valence-electron chi connectivity index (χ2n) is 4.43. The molecule has 0 aromatic carbocycles. The van der Waals surface area contributed by atoms with Crippen LogP contribution in [0.4, 0.5) is 17.6 Å². The smallest absolute Gasteiger partial charge is 0.242 e. The van der Waals surface area contributed by atoms with E-state index in [0.29, 0.717) is 11.6 Å². The molecule has 1 aromatic rings. The normalized spacial score (nSPS) is 19.1. The third kappa shape index (κ3) is 2.84. The first-order valence-corrected chi connectivity index (χ1v) is 6.25. The summed E-state index contributed by atoms with van der Waals surface area (Å²) in [5.41, 5.74) is 8.10. The number of nitrogen functional groups attached to an aromatic ring is 2. The summed E-state index contributed by atoms with van der Waals surface area (Å²) in [6, 6.07) is 1.47. The minimum atomic E-state index is -0.223. The fraction of sp³-hybridized carbons (Fsp3) is 0.545. The maximum Gasteiger partial charge on any atom is 0.242 e. The van der Waals surface area contributed by atoms with Crippen LogP contribution in [0.5, 0.6) is 0 Å². The van der Waals surface area contributed by atoms with E-state index in [4.69, 9.17) is 11.6 Å². The minimum Gasteiger partial charge on any atom is -0.368 e. The third-order valence-corrected chi connectivity index (χ3v) is 3.22. The molecule has 1 atom stereocenters. The number of carbonyl (C=O) groups is 1. The van der Waals surface area contributed by atoms with Crippen molar-refractivity contribution in [2.45, 2.75) is 25.3 Å². The van der Waals surface area contributed by atoms with Crippen LogP contribution in [0.15, 0.2) is 6.07 Å². The highest BCUT2D eigenvalue weighted by atomic mass is 16.2. The SMILES string of the molecule is CNC(=O)C1CCCCN1c1cc(NN)nc(N)n1. The molecule has 104 valence electrons. The number of nitrogens with two attached hydrogens (primary N) is 2. The number of hydrogen-bond donors (Lipinski definition) is 4. The number of nitrogens with zero attached hydrogens (tertiary/aromatic N) is 3. The molecule has 1 amide bonds. The number of hydrazine groups is 1. The van der Waals surface area contributed by atoms with Crippen LogP contribution in [0.1, 0.15) is 19.3 Å². The fourth-order valence-corrected chi connectivity index (χ4v) is 2.32. The van der Waals surface area contributed by atoms with Crippen molar-refractivity contribution >= 4 is 23.5 Å². The fourth-order valence-electron chi connectivity index (χ4n) is 2.32. The van der Waals surface area contributed by atoms with Crippen molar-refractivity contribution in [3.05, 3.63) is 6.07 Å². The van der Waals surface area contributed by atoms with Crippen LogP contribution in [-0.2, 0) is 4.79 Å². The first-order chi connectivity index (χ1) is 9.15. The van der Waals surface area contributed by atoms with Crippen molar-refractivity contribution in [2.75, 3.05) is 29.7 Å². The Morgan fingerprint density at radius 2 is 2.26 bits per heavy atom. The van der Waals surface area contributed by atoms with Crippen molar-refractivity contribution < 1.29 is 4.79 Å². The number of rotatable bonds is 3. The lowest BCUT2D eigenvalue weighted by Gasteiger charge is -2.35.